The monoisotopic (exact) mass is 529 g/mol. The number of carbonyl (C=O) groups excluding carboxylic acids is 2. The summed E-state index contributed by atoms with van der Waals surface area (Å²) in [7, 11) is 3.91. The van der Waals surface area contributed by atoms with E-state index >= 15 is 0 Å². The smallest absolute Gasteiger partial charge is 0.258 e. The molecule has 1 aliphatic heterocycles. The number of halogens is 1. The Morgan fingerprint density at radius 3 is 2.46 bits per heavy atom. The summed E-state index contributed by atoms with van der Waals surface area (Å²) in [5.74, 6) is -0.173. The van der Waals surface area contributed by atoms with Crippen LogP contribution in [0.4, 0.5) is 10.3 Å². The summed E-state index contributed by atoms with van der Waals surface area (Å²) in [5, 5.41) is 7.12. The molecule has 0 bridgehead atoms. The minimum Gasteiger partial charge on any atom is -0.340 e. The van der Waals surface area contributed by atoms with E-state index in [2.05, 4.69) is 27.3 Å². The highest BCUT2D eigenvalue weighted by molar-refractivity contribution is 6.04. The minimum atomic E-state index is -0.348. The molecule has 0 saturated carbocycles. The lowest BCUT2D eigenvalue weighted by Gasteiger charge is -2.32. The average molecular weight is 530 g/mol. The van der Waals surface area contributed by atoms with Gasteiger partial charge in [0.2, 0.25) is 11.9 Å². The number of aryl methyl sites for hydroxylation is 2. The van der Waals surface area contributed by atoms with E-state index in [-0.39, 0.29) is 17.6 Å². The molecule has 0 unspecified atom stereocenters. The molecular formula is C29H32FN7O2. The van der Waals surface area contributed by atoms with Crippen LogP contribution in [-0.4, -0.2) is 74.2 Å². The van der Waals surface area contributed by atoms with Gasteiger partial charge in [0.1, 0.15) is 5.82 Å². The van der Waals surface area contributed by atoms with Crippen molar-refractivity contribution in [2.45, 2.75) is 19.3 Å². The maximum Gasteiger partial charge on any atom is 0.258 e. The molecule has 1 aliphatic rings. The molecular weight excluding hydrogens is 497 g/mol. The van der Waals surface area contributed by atoms with Gasteiger partial charge >= 0.3 is 0 Å². The molecule has 2 aromatic heterocycles. The number of likely N-dealkylation sites (N-methyl/N-ethyl adjacent to an activating group) is 1. The second-order valence-corrected chi connectivity index (χ2v) is 9.88. The molecule has 5 rings (SSSR count). The predicted octanol–water partition coefficient (Wildman–Crippen LogP) is 3.76. The molecule has 0 atom stereocenters. The molecule has 202 valence electrons. The fraction of sp³-hybridized carbons (Fsp3) is 0.310. The Labute approximate surface area is 226 Å². The van der Waals surface area contributed by atoms with E-state index in [0.717, 1.165) is 43.0 Å². The van der Waals surface area contributed by atoms with Gasteiger partial charge in [-0.05, 0) is 61.9 Å². The standard InChI is InChI=1S/C29H32FN7O2/c1-34-13-15-36(16-14-34)27(38)8-4-7-25-20-37(26-11-9-24(30)10-12-26)29(32-25)33-28(39)22-6-3-5-21(17-22)23-18-31-35(2)19-23/h3,5-6,9-12,17-20H,4,7-8,13-16H2,1-2H3,(H,32,33,39). The number of amides is 2. The molecule has 4 aromatic rings. The fourth-order valence-electron chi connectivity index (χ4n) is 4.65. The van der Waals surface area contributed by atoms with Gasteiger partial charge in [-0.2, -0.15) is 5.10 Å². The van der Waals surface area contributed by atoms with Crippen molar-refractivity contribution in [3.63, 3.8) is 0 Å². The Morgan fingerprint density at radius 2 is 1.74 bits per heavy atom. The van der Waals surface area contributed by atoms with Crippen LogP contribution in [0.15, 0.2) is 67.1 Å². The molecule has 1 saturated heterocycles. The molecule has 0 spiro atoms. The molecule has 0 aliphatic carbocycles. The fourth-order valence-corrected chi connectivity index (χ4v) is 4.65. The lowest BCUT2D eigenvalue weighted by molar-refractivity contribution is -0.132. The summed E-state index contributed by atoms with van der Waals surface area (Å²) in [6.07, 6.45) is 7.13. The minimum absolute atomic E-state index is 0.156. The van der Waals surface area contributed by atoms with Crippen LogP contribution in [0.25, 0.3) is 16.8 Å². The van der Waals surface area contributed by atoms with E-state index in [1.165, 1.54) is 12.1 Å². The van der Waals surface area contributed by atoms with Crippen LogP contribution in [-0.2, 0) is 18.3 Å². The highest BCUT2D eigenvalue weighted by atomic mass is 19.1. The molecule has 1 fully saturated rings. The summed E-state index contributed by atoms with van der Waals surface area (Å²) in [6, 6.07) is 13.3. The molecule has 2 aromatic carbocycles. The number of aromatic nitrogens is 4. The maximum atomic E-state index is 13.6. The van der Waals surface area contributed by atoms with Crippen LogP contribution >= 0.6 is 0 Å². The molecule has 9 nitrogen and oxygen atoms in total. The molecule has 3 heterocycles. The maximum absolute atomic E-state index is 13.6. The third-order valence-electron chi connectivity index (χ3n) is 6.93. The van der Waals surface area contributed by atoms with Crippen molar-refractivity contribution >= 4 is 17.8 Å². The number of carbonyl (C=O) groups is 2. The summed E-state index contributed by atoms with van der Waals surface area (Å²) < 4.78 is 17.0. The van der Waals surface area contributed by atoms with Gasteiger partial charge in [0, 0.05) is 68.9 Å². The van der Waals surface area contributed by atoms with Gasteiger partial charge < -0.3 is 9.80 Å². The Bertz CT molecular complexity index is 1450. The third kappa shape index (κ3) is 6.40. The topological polar surface area (TPSA) is 88.3 Å². The highest BCUT2D eigenvalue weighted by Gasteiger charge is 2.19. The van der Waals surface area contributed by atoms with Gasteiger partial charge in [0.05, 0.1) is 11.9 Å². The Hall–Kier alpha value is -4.31. The van der Waals surface area contributed by atoms with E-state index in [1.807, 2.05) is 42.5 Å². The van der Waals surface area contributed by atoms with Crippen molar-refractivity contribution in [1.29, 1.82) is 0 Å². The van der Waals surface area contributed by atoms with Crippen LogP contribution in [0, 0.1) is 5.82 Å². The van der Waals surface area contributed by atoms with Crippen molar-refractivity contribution in [3.05, 3.63) is 84.2 Å². The van der Waals surface area contributed by atoms with Crippen LogP contribution in [0.3, 0.4) is 0 Å². The van der Waals surface area contributed by atoms with E-state index in [4.69, 9.17) is 0 Å². The number of nitrogens with one attached hydrogen (secondary N) is 1. The molecule has 39 heavy (non-hydrogen) atoms. The first-order chi connectivity index (χ1) is 18.9. The zero-order valence-electron chi connectivity index (χ0n) is 22.2. The van der Waals surface area contributed by atoms with Crippen molar-refractivity contribution < 1.29 is 14.0 Å². The number of piperazine rings is 1. The lowest BCUT2D eigenvalue weighted by Crippen LogP contribution is -2.47. The number of nitrogens with zero attached hydrogens (tertiary/aromatic N) is 6. The van der Waals surface area contributed by atoms with Gasteiger partial charge in [0.25, 0.3) is 5.91 Å². The average Bonchev–Trinajstić information content (AvgIpc) is 3.55. The summed E-state index contributed by atoms with van der Waals surface area (Å²) >= 11 is 0. The molecule has 0 radical (unpaired) electrons. The number of rotatable bonds is 8. The largest absolute Gasteiger partial charge is 0.340 e. The first kappa shape index (κ1) is 26.3. The Kier molecular flexibility index (Phi) is 7.83. The SMILES string of the molecule is CN1CCN(C(=O)CCCc2cn(-c3ccc(F)cc3)c(NC(=O)c3cccc(-c4cnn(C)c4)c3)n2)CC1. The first-order valence-electron chi connectivity index (χ1n) is 13.1. The second kappa shape index (κ2) is 11.6. The summed E-state index contributed by atoms with van der Waals surface area (Å²) in [6.45, 7) is 3.30. The third-order valence-corrected chi connectivity index (χ3v) is 6.93. The van der Waals surface area contributed by atoms with Crippen molar-refractivity contribution in [3.8, 4) is 16.8 Å². The first-order valence-corrected chi connectivity index (χ1v) is 13.1. The highest BCUT2D eigenvalue weighted by Crippen LogP contribution is 2.22. The molecule has 2 amide bonds. The number of imidazole rings is 1. The van der Waals surface area contributed by atoms with Crippen LogP contribution in [0.5, 0.6) is 0 Å². The summed E-state index contributed by atoms with van der Waals surface area (Å²) in [5.41, 5.74) is 3.68. The zero-order chi connectivity index (χ0) is 27.4. The summed E-state index contributed by atoms with van der Waals surface area (Å²) in [4.78, 5) is 34.7. The zero-order valence-corrected chi connectivity index (χ0v) is 22.2. The van der Waals surface area contributed by atoms with Crippen molar-refractivity contribution in [1.82, 2.24) is 29.1 Å². The van der Waals surface area contributed by atoms with E-state index in [9.17, 15) is 14.0 Å². The number of anilines is 1. The second-order valence-electron chi connectivity index (χ2n) is 9.88. The van der Waals surface area contributed by atoms with Crippen molar-refractivity contribution in [2.75, 3.05) is 38.5 Å². The predicted molar refractivity (Wildman–Crippen MR) is 147 cm³/mol. The number of hydrogen-bond donors (Lipinski definition) is 1. The Morgan fingerprint density at radius 1 is 0.974 bits per heavy atom. The van der Waals surface area contributed by atoms with Gasteiger partial charge in [-0.25, -0.2) is 9.37 Å². The number of hydrogen-bond acceptors (Lipinski definition) is 5. The Balaban J connectivity index is 1.31. The van der Waals surface area contributed by atoms with Crippen LogP contribution < -0.4 is 5.32 Å². The molecule has 1 N–H and O–H groups in total. The van der Waals surface area contributed by atoms with Gasteiger partial charge in [0.15, 0.2) is 0 Å². The lowest BCUT2D eigenvalue weighted by atomic mass is 10.1. The van der Waals surface area contributed by atoms with Crippen molar-refractivity contribution in [2.24, 2.45) is 7.05 Å². The quantitative estimate of drug-likeness (QED) is 0.376. The van der Waals surface area contributed by atoms with Gasteiger partial charge in [-0.3, -0.25) is 24.2 Å². The van der Waals surface area contributed by atoms with Crippen LogP contribution in [0.2, 0.25) is 0 Å². The van der Waals surface area contributed by atoms with E-state index < -0.39 is 0 Å². The van der Waals surface area contributed by atoms with E-state index in [1.54, 1.807) is 33.6 Å². The van der Waals surface area contributed by atoms with Gasteiger partial charge in [-0.1, -0.05) is 12.1 Å². The van der Waals surface area contributed by atoms with Gasteiger partial charge in [-0.15, -0.1) is 0 Å². The van der Waals surface area contributed by atoms with E-state index in [0.29, 0.717) is 36.5 Å². The normalized spacial score (nSPS) is 14.0. The molecule has 10 heteroatoms. The van der Waals surface area contributed by atoms with Crippen LogP contribution in [0.1, 0.15) is 28.9 Å². The number of benzene rings is 2.